The van der Waals surface area contributed by atoms with Gasteiger partial charge in [-0.3, -0.25) is 4.79 Å². The predicted octanol–water partition coefficient (Wildman–Crippen LogP) is 2.31. The molecule has 0 saturated carbocycles. The van der Waals surface area contributed by atoms with Crippen LogP contribution >= 0.6 is 0 Å². The van der Waals surface area contributed by atoms with Gasteiger partial charge in [0.25, 0.3) is 0 Å². The monoisotopic (exact) mass is 222 g/mol. The first-order valence-corrected chi connectivity index (χ1v) is 5.60. The minimum atomic E-state index is -0.787. The van der Waals surface area contributed by atoms with Crippen molar-refractivity contribution >= 4 is 5.97 Å². The molecule has 1 rings (SSSR count). The lowest BCUT2D eigenvalue weighted by atomic mass is 9.93. The molecule has 0 heterocycles. The van der Waals surface area contributed by atoms with Gasteiger partial charge in [0, 0.05) is 0 Å². The van der Waals surface area contributed by atoms with E-state index in [9.17, 15) is 9.90 Å². The normalized spacial score (nSPS) is 14.2. The second kappa shape index (κ2) is 6.28. The highest BCUT2D eigenvalue weighted by Gasteiger charge is 2.27. The Bertz CT molecular complexity index is 321. The Labute approximate surface area is 96.1 Å². The zero-order chi connectivity index (χ0) is 12.0. The molecule has 0 unspecified atom stereocenters. The SMILES string of the molecule is CCOC(=O)[C@@H](CC)[C@H](O)c1ccccc1. The summed E-state index contributed by atoms with van der Waals surface area (Å²) in [5, 5.41) is 10.1. The summed E-state index contributed by atoms with van der Waals surface area (Å²) in [5.41, 5.74) is 0.752. The van der Waals surface area contributed by atoms with Gasteiger partial charge in [-0.25, -0.2) is 0 Å². The Morgan fingerprint density at radius 2 is 1.94 bits per heavy atom. The Kier molecular flexibility index (Phi) is 4.99. The van der Waals surface area contributed by atoms with Gasteiger partial charge in [0.05, 0.1) is 18.6 Å². The van der Waals surface area contributed by atoms with E-state index in [1.165, 1.54) is 0 Å². The van der Waals surface area contributed by atoms with E-state index >= 15 is 0 Å². The van der Waals surface area contributed by atoms with E-state index in [2.05, 4.69) is 0 Å². The van der Waals surface area contributed by atoms with Crippen molar-refractivity contribution in [3.63, 3.8) is 0 Å². The lowest BCUT2D eigenvalue weighted by molar-refractivity contribution is -0.152. The molecule has 0 radical (unpaired) electrons. The Morgan fingerprint density at radius 1 is 1.31 bits per heavy atom. The van der Waals surface area contributed by atoms with Gasteiger partial charge in [0.1, 0.15) is 0 Å². The van der Waals surface area contributed by atoms with Gasteiger partial charge in [-0.05, 0) is 18.9 Å². The smallest absolute Gasteiger partial charge is 0.311 e. The molecule has 0 amide bonds. The van der Waals surface area contributed by atoms with Gasteiger partial charge >= 0.3 is 5.97 Å². The maximum Gasteiger partial charge on any atom is 0.311 e. The zero-order valence-electron chi connectivity index (χ0n) is 9.72. The molecule has 16 heavy (non-hydrogen) atoms. The molecule has 1 aromatic carbocycles. The first-order valence-electron chi connectivity index (χ1n) is 5.60. The van der Waals surface area contributed by atoms with Crippen molar-refractivity contribution in [2.45, 2.75) is 26.4 Å². The summed E-state index contributed by atoms with van der Waals surface area (Å²) >= 11 is 0. The number of aliphatic hydroxyl groups is 1. The highest BCUT2D eigenvalue weighted by Crippen LogP contribution is 2.25. The quantitative estimate of drug-likeness (QED) is 0.778. The number of carbonyl (C=O) groups excluding carboxylic acids is 1. The Morgan fingerprint density at radius 3 is 2.44 bits per heavy atom. The number of carbonyl (C=O) groups is 1. The molecule has 2 atom stereocenters. The number of hydrogen-bond donors (Lipinski definition) is 1. The molecule has 0 saturated heterocycles. The zero-order valence-corrected chi connectivity index (χ0v) is 9.72. The average molecular weight is 222 g/mol. The average Bonchev–Trinajstić information content (AvgIpc) is 2.31. The first-order chi connectivity index (χ1) is 7.70. The number of benzene rings is 1. The van der Waals surface area contributed by atoms with Gasteiger partial charge in [-0.2, -0.15) is 0 Å². The number of aliphatic hydroxyl groups excluding tert-OH is 1. The van der Waals surface area contributed by atoms with Crippen molar-refractivity contribution in [2.24, 2.45) is 5.92 Å². The van der Waals surface area contributed by atoms with Gasteiger partial charge in [-0.1, -0.05) is 37.3 Å². The van der Waals surface area contributed by atoms with Crippen LogP contribution in [-0.2, 0) is 9.53 Å². The largest absolute Gasteiger partial charge is 0.466 e. The highest BCUT2D eigenvalue weighted by molar-refractivity contribution is 5.73. The molecular formula is C13H18O3. The first kappa shape index (κ1) is 12.7. The van der Waals surface area contributed by atoms with Crippen LogP contribution in [0.4, 0.5) is 0 Å². The van der Waals surface area contributed by atoms with Crippen molar-refractivity contribution in [1.29, 1.82) is 0 Å². The van der Waals surface area contributed by atoms with Crippen molar-refractivity contribution in [2.75, 3.05) is 6.61 Å². The van der Waals surface area contributed by atoms with E-state index in [-0.39, 0.29) is 5.97 Å². The van der Waals surface area contributed by atoms with Crippen LogP contribution in [0.1, 0.15) is 31.9 Å². The number of rotatable bonds is 5. The summed E-state index contributed by atoms with van der Waals surface area (Å²) in [6.45, 7) is 3.98. The summed E-state index contributed by atoms with van der Waals surface area (Å²) in [4.78, 5) is 11.6. The second-order valence-corrected chi connectivity index (χ2v) is 3.62. The van der Waals surface area contributed by atoms with E-state index < -0.39 is 12.0 Å². The summed E-state index contributed by atoms with van der Waals surface area (Å²) in [6, 6.07) is 9.19. The molecule has 0 aliphatic heterocycles. The topological polar surface area (TPSA) is 46.5 Å². The molecule has 0 bridgehead atoms. The van der Waals surface area contributed by atoms with E-state index in [1.807, 2.05) is 37.3 Å². The fraction of sp³-hybridized carbons (Fsp3) is 0.462. The summed E-state index contributed by atoms with van der Waals surface area (Å²) in [7, 11) is 0. The minimum Gasteiger partial charge on any atom is -0.466 e. The van der Waals surface area contributed by atoms with E-state index in [4.69, 9.17) is 4.74 Å². The Hall–Kier alpha value is -1.35. The summed E-state index contributed by atoms with van der Waals surface area (Å²) in [6.07, 6.45) is -0.222. The Balaban J connectivity index is 2.77. The van der Waals surface area contributed by atoms with Crippen LogP contribution in [-0.4, -0.2) is 17.7 Å². The summed E-state index contributed by atoms with van der Waals surface area (Å²) < 4.78 is 4.94. The molecule has 0 aromatic heterocycles. The number of hydrogen-bond acceptors (Lipinski definition) is 3. The maximum atomic E-state index is 11.6. The minimum absolute atomic E-state index is 0.332. The van der Waals surface area contributed by atoms with E-state index in [0.29, 0.717) is 13.0 Å². The predicted molar refractivity (Wildman–Crippen MR) is 61.8 cm³/mol. The van der Waals surface area contributed by atoms with Gasteiger partial charge in [0.15, 0.2) is 0 Å². The van der Waals surface area contributed by atoms with Gasteiger partial charge in [-0.15, -0.1) is 0 Å². The maximum absolute atomic E-state index is 11.6. The fourth-order valence-electron chi connectivity index (χ4n) is 1.65. The van der Waals surface area contributed by atoms with Crippen LogP contribution < -0.4 is 0 Å². The van der Waals surface area contributed by atoms with E-state index in [1.54, 1.807) is 6.92 Å². The van der Waals surface area contributed by atoms with Gasteiger partial charge in [0.2, 0.25) is 0 Å². The third kappa shape index (κ3) is 3.07. The molecule has 0 spiro atoms. The van der Waals surface area contributed by atoms with Crippen molar-refractivity contribution < 1.29 is 14.6 Å². The second-order valence-electron chi connectivity index (χ2n) is 3.62. The molecule has 0 fully saturated rings. The third-order valence-corrected chi connectivity index (χ3v) is 2.55. The molecule has 1 N–H and O–H groups in total. The van der Waals surface area contributed by atoms with Crippen molar-refractivity contribution in [3.8, 4) is 0 Å². The molecule has 0 aliphatic carbocycles. The van der Waals surface area contributed by atoms with Crippen LogP contribution in [0.25, 0.3) is 0 Å². The van der Waals surface area contributed by atoms with E-state index in [0.717, 1.165) is 5.56 Å². The standard InChI is InChI=1S/C13H18O3/c1-3-11(13(15)16-4-2)12(14)10-8-6-5-7-9-10/h5-9,11-12,14H,3-4H2,1-2H3/t11-,12+/m0/s1. The lowest BCUT2D eigenvalue weighted by Crippen LogP contribution is -2.24. The molecule has 3 heteroatoms. The fourth-order valence-corrected chi connectivity index (χ4v) is 1.65. The molecule has 88 valence electrons. The van der Waals surface area contributed by atoms with Gasteiger partial charge < -0.3 is 9.84 Å². The van der Waals surface area contributed by atoms with Crippen molar-refractivity contribution in [3.05, 3.63) is 35.9 Å². The van der Waals surface area contributed by atoms with Crippen LogP contribution in [0, 0.1) is 5.92 Å². The molecule has 0 aliphatic rings. The van der Waals surface area contributed by atoms with Crippen LogP contribution in [0.15, 0.2) is 30.3 Å². The van der Waals surface area contributed by atoms with Crippen LogP contribution in [0.3, 0.4) is 0 Å². The third-order valence-electron chi connectivity index (χ3n) is 2.55. The molecule has 1 aromatic rings. The van der Waals surface area contributed by atoms with Crippen molar-refractivity contribution in [1.82, 2.24) is 0 Å². The number of esters is 1. The molecular weight excluding hydrogens is 204 g/mol. The number of ether oxygens (including phenoxy) is 1. The molecule has 3 nitrogen and oxygen atoms in total. The summed E-state index contributed by atoms with van der Waals surface area (Å²) in [5.74, 6) is -0.816. The lowest BCUT2D eigenvalue weighted by Gasteiger charge is -2.20. The highest BCUT2D eigenvalue weighted by atomic mass is 16.5. The van der Waals surface area contributed by atoms with Crippen LogP contribution in [0.5, 0.6) is 0 Å². The van der Waals surface area contributed by atoms with Crippen LogP contribution in [0.2, 0.25) is 0 Å².